The molecule has 1 rings (SSSR count). The summed E-state index contributed by atoms with van der Waals surface area (Å²) in [6, 6.07) is 0. The highest BCUT2D eigenvalue weighted by atomic mass is 16.5. The quantitative estimate of drug-likeness (QED) is 0.690. The van der Waals surface area contributed by atoms with Crippen molar-refractivity contribution >= 4 is 11.9 Å². The summed E-state index contributed by atoms with van der Waals surface area (Å²) >= 11 is 0. The molecule has 0 aliphatic carbocycles. The topological polar surface area (TPSA) is 86.1 Å². The second kappa shape index (κ2) is 5.84. The summed E-state index contributed by atoms with van der Waals surface area (Å²) in [5, 5.41) is 9.91. The molecule has 0 bridgehead atoms. The Labute approximate surface area is 92.8 Å². The Bertz CT molecular complexity index is 375. The van der Waals surface area contributed by atoms with E-state index in [0.717, 1.165) is 0 Å². The number of aromatic nitrogens is 3. The minimum Gasteiger partial charge on any atom is -0.464 e. The number of amides is 1. The number of hydrogen-bond acceptors (Lipinski definition) is 5. The van der Waals surface area contributed by atoms with Crippen LogP contribution in [-0.4, -0.2) is 41.0 Å². The first-order valence-corrected chi connectivity index (χ1v) is 4.86. The zero-order valence-corrected chi connectivity index (χ0v) is 9.27. The summed E-state index contributed by atoms with van der Waals surface area (Å²) in [6.07, 6.45) is 2.56. The van der Waals surface area contributed by atoms with E-state index in [4.69, 9.17) is 0 Å². The molecular formula is C9H14N4O3. The van der Waals surface area contributed by atoms with E-state index in [-0.39, 0.29) is 11.6 Å². The molecule has 1 N–H and O–H groups in total. The molecule has 0 aliphatic heterocycles. The number of aryl methyl sites for hydroxylation is 1. The molecular weight excluding hydrogens is 212 g/mol. The van der Waals surface area contributed by atoms with Gasteiger partial charge in [-0.2, -0.15) is 0 Å². The highest BCUT2D eigenvalue weighted by Crippen LogP contribution is 1.98. The lowest BCUT2D eigenvalue weighted by molar-refractivity contribution is -0.120. The van der Waals surface area contributed by atoms with Crippen LogP contribution in [0.25, 0.3) is 0 Å². The van der Waals surface area contributed by atoms with Gasteiger partial charge in [-0.1, -0.05) is 5.21 Å². The summed E-state index contributed by atoms with van der Waals surface area (Å²) in [5.41, 5.74) is 0.169. The molecule has 0 aromatic carbocycles. The maximum Gasteiger partial charge on any atom is 0.360 e. The Morgan fingerprint density at radius 3 is 2.94 bits per heavy atom. The van der Waals surface area contributed by atoms with Crippen LogP contribution in [0.4, 0.5) is 0 Å². The molecule has 0 saturated heterocycles. The van der Waals surface area contributed by atoms with Crippen molar-refractivity contribution in [2.45, 2.75) is 19.4 Å². The maximum atomic E-state index is 11.1. The van der Waals surface area contributed by atoms with E-state index in [1.165, 1.54) is 18.0 Å². The van der Waals surface area contributed by atoms with E-state index in [1.54, 1.807) is 7.05 Å². The van der Waals surface area contributed by atoms with E-state index in [0.29, 0.717) is 19.4 Å². The number of rotatable bonds is 5. The predicted molar refractivity (Wildman–Crippen MR) is 54.7 cm³/mol. The highest BCUT2D eigenvalue weighted by Gasteiger charge is 2.10. The highest BCUT2D eigenvalue weighted by molar-refractivity contribution is 5.86. The number of carbonyl (C=O) groups is 2. The van der Waals surface area contributed by atoms with E-state index in [1.807, 2.05) is 0 Å². The molecule has 7 heteroatoms. The van der Waals surface area contributed by atoms with Crippen molar-refractivity contribution in [1.29, 1.82) is 0 Å². The van der Waals surface area contributed by atoms with Gasteiger partial charge in [-0.15, -0.1) is 5.10 Å². The van der Waals surface area contributed by atoms with Gasteiger partial charge in [0.15, 0.2) is 5.69 Å². The zero-order valence-electron chi connectivity index (χ0n) is 9.27. The zero-order chi connectivity index (χ0) is 12.0. The third-order valence-electron chi connectivity index (χ3n) is 2.00. The SMILES string of the molecule is CNC(=O)CCCn1cc(C(=O)OC)nn1. The fourth-order valence-corrected chi connectivity index (χ4v) is 1.13. The van der Waals surface area contributed by atoms with E-state index in [2.05, 4.69) is 20.4 Å². The Balaban J connectivity index is 2.41. The summed E-state index contributed by atoms with van der Waals surface area (Å²) in [4.78, 5) is 22.0. The van der Waals surface area contributed by atoms with Crippen molar-refractivity contribution in [3.05, 3.63) is 11.9 Å². The van der Waals surface area contributed by atoms with E-state index >= 15 is 0 Å². The molecule has 1 amide bonds. The number of hydrogen-bond donors (Lipinski definition) is 1. The van der Waals surface area contributed by atoms with Crippen LogP contribution in [0.5, 0.6) is 0 Å². The van der Waals surface area contributed by atoms with Crippen LogP contribution in [0.3, 0.4) is 0 Å². The summed E-state index contributed by atoms with van der Waals surface area (Å²) in [6.45, 7) is 0.539. The predicted octanol–water partition coefficient (Wildman–Crippen LogP) is -0.409. The summed E-state index contributed by atoms with van der Waals surface area (Å²) < 4.78 is 6.00. The van der Waals surface area contributed by atoms with Crippen molar-refractivity contribution in [3.63, 3.8) is 0 Å². The van der Waals surface area contributed by atoms with Gasteiger partial charge in [0.1, 0.15) is 0 Å². The molecule has 0 unspecified atom stereocenters. The number of nitrogens with one attached hydrogen (secondary N) is 1. The molecule has 1 heterocycles. The maximum absolute atomic E-state index is 11.1. The molecule has 0 aliphatic rings. The van der Waals surface area contributed by atoms with E-state index in [9.17, 15) is 9.59 Å². The number of methoxy groups -OCH3 is 1. The van der Waals surface area contributed by atoms with Crippen LogP contribution in [0.15, 0.2) is 6.20 Å². The molecule has 0 fully saturated rings. The van der Waals surface area contributed by atoms with Gasteiger partial charge in [0.25, 0.3) is 0 Å². The van der Waals surface area contributed by atoms with Gasteiger partial charge in [0.2, 0.25) is 5.91 Å². The monoisotopic (exact) mass is 226 g/mol. The van der Waals surface area contributed by atoms with Gasteiger partial charge >= 0.3 is 5.97 Å². The normalized spacial score (nSPS) is 9.88. The molecule has 0 spiro atoms. The standard InChI is InChI=1S/C9H14N4O3/c1-10-8(14)4-3-5-13-6-7(11-12-13)9(15)16-2/h6H,3-5H2,1-2H3,(H,10,14). The molecule has 0 saturated carbocycles. The Hall–Kier alpha value is -1.92. The first-order valence-electron chi connectivity index (χ1n) is 4.86. The molecule has 7 nitrogen and oxygen atoms in total. The largest absolute Gasteiger partial charge is 0.464 e. The lowest BCUT2D eigenvalue weighted by Gasteiger charge is -1.99. The third kappa shape index (κ3) is 3.34. The minimum atomic E-state index is -0.516. The fourth-order valence-electron chi connectivity index (χ4n) is 1.13. The average molecular weight is 226 g/mol. The Morgan fingerprint density at radius 2 is 2.31 bits per heavy atom. The molecule has 1 aromatic rings. The molecule has 88 valence electrons. The molecule has 0 radical (unpaired) electrons. The van der Waals surface area contributed by atoms with Gasteiger partial charge < -0.3 is 10.1 Å². The van der Waals surface area contributed by atoms with Gasteiger partial charge in [-0.25, -0.2) is 4.79 Å². The fraction of sp³-hybridized carbons (Fsp3) is 0.556. The number of esters is 1. The van der Waals surface area contributed by atoms with E-state index < -0.39 is 5.97 Å². The Morgan fingerprint density at radius 1 is 1.56 bits per heavy atom. The lowest BCUT2D eigenvalue weighted by Crippen LogP contribution is -2.17. The summed E-state index contributed by atoms with van der Waals surface area (Å²) in [5.74, 6) is -0.536. The van der Waals surface area contributed by atoms with Crippen LogP contribution in [-0.2, 0) is 16.1 Å². The van der Waals surface area contributed by atoms with Crippen LogP contribution >= 0.6 is 0 Å². The molecule has 1 aromatic heterocycles. The number of carbonyl (C=O) groups excluding carboxylic acids is 2. The Kier molecular flexibility index (Phi) is 4.43. The number of nitrogens with zero attached hydrogens (tertiary/aromatic N) is 3. The van der Waals surface area contributed by atoms with Crippen molar-refractivity contribution in [3.8, 4) is 0 Å². The summed E-state index contributed by atoms with van der Waals surface area (Å²) in [7, 11) is 2.88. The molecule has 0 atom stereocenters. The lowest BCUT2D eigenvalue weighted by atomic mass is 10.3. The third-order valence-corrected chi connectivity index (χ3v) is 2.00. The van der Waals surface area contributed by atoms with Crippen LogP contribution in [0.2, 0.25) is 0 Å². The minimum absolute atomic E-state index is 0.0201. The van der Waals surface area contributed by atoms with Crippen LogP contribution in [0, 0.1) is 0 Å². The van der Waals surface area contributed by atoms with Crippen molar-refractivity contribution < 1.29 is 14.3 Å². The number of ether oxygens (including phenoxy) is 1. The van der Waals surface area contributed by atoms with Crippen molar-refractivity contribution in [1.82, 2.24) is 20.3 Å². The average Bonchev–Trinajstić information content (AvgIpc) is 2.76. The van der Waals surface area contributed by atoms with Gasteiger partial charge in [0, 0.05) is 20.0 Å². The molecule has 16 heavy (non-hydrogen) atoms. The second-order valence-corrected chi connectivity index (χ2v) is 3.14. The first kappa shape index (κ1) is 12.2. The second-order valence-electron chi connectivity index (χ2n) is 3.14. The van der Waals surface area contributed by atoms with Gasteiger partial charge in [-0.05, 0) is 6.42 Å². The van der Waals surface area contributed by atoms with Crippen molar-refractivity contribution in [2.75, 3.05) is 14.2 Å². The van der Waals surface area contributed by atoms with Gasteiger partial charge in [-0.3, -0.25) is 9.48 Å². The van der Waals surface area contributed by atoms with Crippen molar-refractivity contribution in [2.24, 2.45) is 0 Å². The first-order chi connectivity index (χ1) is 7.67. The smallest absolute Gasteiger partial charge is 0.360 e. The van der Waals surface area contributed by atoms with Gasteiger partial charge in [0.05, 0.1) is 13.3 Å². The van der Waals surface area contributed by atoms with Crippen LogP contribution in [0.1, 0.15) is 23.3 Å². The van der Waals surface area contributed by atoms with Crippen LogP contribution < -0.4 is 5.32 Å².